The highest BCUT2D eigenvalue weighted by atomic mass is 16.5. The number of benzene rings is 1. The lowest BCUT2D eigenvalue weighted by molar-refractivity contribution is 0.304. The molecule has 0 spiro atoms. The van der Waals surface area contributed by atoms with Crippen LogP contribution in [0.1, 0.15) is 57.4 Å². The number of hydrogen-bond donors (Lipinski definition) is 1. The molecule has 1 aromatic carbocycles. The van der Waals surface area contributed by atoms with Gasteiger partial charge in [-0.1, -0.05) is 39.0 Å². The first-order chi connectivity index (χ1) is 9.40. The molecule has 2 rings (SSSR count). The van der Waals surface area contributed by atoms with E-state index in [9.17, 15) is 0 Å². The Balaban J connectivity index is 1.66. The molecule has 2 heteroatoms. The zero-order valence-corrected chi connectivity index (χ0v) is 12.2. The van der Waals surface area contributed by atoms with Crippen molar-refractivity contribution in [2.45, 2.75) is 58.3 Å². The minimum Gasteiger partial charge on any atom is -0.494 e. The van der Waals surface area contributed by atoms with Crippen LogP contribution in [-0.4, -0.2) is 13.2 Å². The molecule has 0 saturated heterocycles. The van der Waals surface area contributed by atoms with Crippen molar-refractivity contribution in [3.8, 4) is 5.75 Å². The molecule has 0 aromatic heterocycles. The van der Waals surface area contributed by atoms with E-state index in [1.165, 1.54) is 62.6 Å². The molecule has 1 heterocycles. The van der Waals surface area contributed by atoms with Crippen LogP contribution in [-0.2, 0) is 6.42 Å². The molecule has 0 amide bonds. The third-order valence-electron chi connectivity index (χ3n) is 3.78. The van der Waals surface area contributed by atoms with Gasteiger partial charge in [0.2, 0.25) is 0 Å². The summed E-state index contributed by atoms with van der Waals surface area (Å²) in [5.41, 5.74) is 2.70. The first-order valence-corrected chi connectivity index (χ1v) is 7.90. The van der Waals surface area contributed by atoms with E-state index >= 15 is 0 Å². The number of rotatable bonds is 8. The highest BCUT2D eigenvalue weighted by Gasteiger charge is 2.08. The first-order valence-electron chi connectivity index (χ1n) is 7.90. The third kappa shape index (κ3) is 4.77. The second-order valence-electron chi connectivity index (χ2n) is 5.47. The molecule has 0 saturated carbocycles. The van der Waals surface area contributed by atoms with Crippen LogP contribution in [0.15, 0.2) is 18.2 Å². The number of fused-ring (bicyclic) bond motifs is 1. The fraction of sp³-hybridized carbons (Fsp3) is 0.647. The fourth-order valence-electron chi connectivity index (χ4n) is 2.61. The van der Waals surface area contributed by atoms with Crippen molar-refractivity contribution >= 4 is 5.69 Å². The van der Waals surface area contributed by atoms with E-state index in [1.807, 2.05) is 0 Å². The predicted molar refractivity (Wildman–Crippen MR) is 82.1 cm³/mol. The van der Waals surface area contributed by atoms with Gasteiger partial charge >= 0.3 is 0 Å². The van der Waals surface area contributed by atoms with Gasteiger partial charge in [0.15, 0.2) is 0 Å². The normalized spacial score (nSPS) is 13.7. The van der Waals surface area contributed by atoms with Gasteiger partial charge in [-0.15, -0.1) is 0 Å². The van der Waals surface area contributed by atoms with E-state index in [1.54, 1.807) is 0 Å². The van der Waals surface area contributed by atoms with E-state index in [4.69, 9.17) is 4.74 Å². The predicted octanol–water partition coefficient (Wildman–Crippen LogP) is 4.78. The molecule has 19 heavy (non-hydrogen) atoms. The monoisotopic (exact) mass is 261 g/mol. The van der Waals surface area contributed by atoms with E-state index < -0.39 is 0 Å². The number of ether oxygens (including phenoxy) is 1. The molecule has 0 fully saturated rings. The Kier molecular flexibility index (Phi) is 6.06. The van der Waals surface area contributed by atoms with Crippen LogP contribution in [0.4, 0.5) is 5.69 Å². The summed E-state index contributed by atoms with van der Waals surface area (Å²) in [4.78, 5) is 0. The van der Waals surface area contributed by atoms with Gasteiger partial charge in [-0.2, -0.15) is 0 Å². The molecule has 0 radical (unpaired) electrons. The summed E-state index contributed by atoms with van der Waals surface area (Å²) in [6, 6.07) is 6.46. The maximum atomic E-state index is 5.85. The zero-order valence-electron chi connectivity index (χ0n) is 12.2. The average Bonchev–Trinajstić information content (AvgIpc) is 2.46. The highest BCUT2D eigenvalue weighted by Crippen LogP contribution is 2.26. The third-order valence-corrected chi connectivity index (χ3v) is 3.78. The Morgan fingerprint density at radius 3 is 2.84 bits per heavy atom. The second-order valence-corrected chi connectivity index (χ2v) is 5.47. The van der Waals surface area contributed by atoms with Crippen molar-refractivity contribution in [3.63, 3.8) is 0 Å². The van der Waals surface area contributed by atoms with Crippen LogP contribution in [0.3, 0.4) is 0 Å². The Bertz CT molecular complexity index is 376. The highest BCUT2D eigenvalue weighted by molar-refractivity contribution is 5.55. The largest absolute Gasteiger partial charge is 0.494 e. The van der Waals surface area contributed by atoms with Crippen molar-refractivity contribution in [3.05, 3.63) is 23.8 Å². The van der Waals surface area contributed by atoms with E-state index in [0.717, 1.165) is 18.9 Å². The number of aryl methyl sites for hydroxylation is 1. The molecular weight excluding hydrogens is 234 g/mol. The molecule has 0 atom stereocenters. The standard InChI is InChI=1S/C17H27NO/c1-2-3-4-5-6-7-13-19-16-10-11-17-15(14-16)9-8-12-18-17/h10-11,14,18H,2-9,12-13H2,1H3. The average molecular weight is 261 g/mol. The fourth-order valence-corrected chi connectivity index (χ4v) is 2.61. The van der Waals surface area contributed by atoms with Gasteiger partial charge in [-0.25, -0.2) is 0 Å². The Labute approximate surface area is 117 Å². The van der Waals surface area contributed by atoms with Gasteiger partial charge in [0.25, 0.3) is 0 Å². The molecule has 0 aliphatic carbocycles. The summed E-state index contributed by atoms with van der Waals surface area (Å²) in [6.45, 7) is 4.22. The second kappa shape index (κ2) is 8.08. The summed E-state index contributed by atoms with van der Waals surface area (Å²) in [5, 5.41) is 3.43. The summed E-state index contributed by atoms with van der Waals surface area (Å²) >= 11 is 0. The van der Waals surface area contributed by atoms with E-state index in [0.29, 0.717) is 0 Å². The maximum absolute atomic E-state index is 5.85. The number of hydrogen-bond acceptors (Lipinski definition) is 2. The summed E-state index contributed by atoms with van der Waals surface area (Å²) in [5.74, 6) is 1.04. The van der Waals surface area contributed by atoms with Crippen molar-refractivity contribution in [2.75, 3.05) is 18.5 Å². The Morgan fingerprint density at radius 1 is 1.11 bits per heavy atom. The van der Waals surface area contributed by atoms with Crippen molar-refractivity contribution < 1.29 is 4.74 Å². The zero-order chi connectivity index (χ0) is 13.3. The van der Waals surface area contributed by atoms with Crippen LogP contribution in [0.25, 0.3) is 0 Å². The molecule has 1 N–H and O–H groups in total. The summed E-state index contributed by atoms with van der Waals surface area (Å²) in [6.07, 6.45) is 10.3. The van der Waals surface area contributed by atoms with Crippen LogP contribution < -0.4 is 10.1 Å². The Hall–Kier alpha value is -1.18. The smallest absolute Gasteiger partial charge is 0.119 e. The number of nitrogens with one attached hydrogen (secondary N) is 1. The van der Waals surface area contributed by atoms with E-state index in [-0.39, 0.29) is 0 Å². The van der Waals surface area contributed by atoms with Gasteiger partial charge in [0.1, 0.15) is 5.75 Å². The van der Waals surface area contributed by atoms with Gasteiger partial charge in [0, 0.05) is 12.2 Å². The lowest BCUT2D eigenvalue weighted by atomic mass is 10.0. The SMILES string of the molecule is CCCCCCCCOc1ccc2c(c1)CCCN2. The maximum Gasteiger partial charge on any atom is 0.119 e. The van der Waals surface area contributed by atoms with Crippen LogP contribution in [0.2, 0.25) is 0 Å². The van der Waals surface area contributed by atoms with E-state index in [2.05, 4.69) is 30.4 Å². The van der Waals surface area contributed by atoms with Crippen LogP contribution >= 0.6 is 0 Å². The lowest BCUT2D eigenvalue weighted by Gasteiger charge is -2.18. The number of unbranched alkanes of at least 4 members (excludes halogenated alkanes) is 5. The first kappa shape index (κ1) is 14.2. The minimum absolute atomic E-state index is 0.859. The minimum atomic E-state index is 0.859. The number of anilines is 1. The van der Waals surface area contributed by atoms with Gasteiger partial charge in [-0.3, -0.25) is 0 Å². The molecule has 0 bridgehead atoms. The molecule has 0 unspecified atom stereocenters. The Morgan fingerprint density at radius 2 is 1.95 bits per heavy atom. The van der Waals surface area contributed by atoms with Gasteiger partial charge in [-0.05, 0) is 43.0 Å². The summed E-state index contributed by atoms with van der Waals surface area (Å²) in [7, 11) is 0. The lowest BCUT2D eigenvalue weighted by Crippen LogP contribution is -2.11. The van der Waals surface area contributed by atoms with Crippen molar-refractivity contribution in [2.24, 2.45) is 0 Å². The van der Waals surface area contributed by atoms with Crippen LogP contribution in [0.5, 0.6) is 5.75 Å². The van der Waals surface area contributed by atoms with Gasteiger partial charge < -0.3 is 10.1 Å². The van der Waals surface area contributed by atoms with Gasteiger partial charge in [0.05, 0.1) is 6.61 Å². The molecule has 1 aliphatic rings. The summed E-state index contributed by atoms with van der Waals surface area (Å²) < 4.78 is 5.85. The molecule has 2 nitrogen and oxygen atoms in total. The van der Waals surface area contributed by atoms with Crippen molar-refractivity contribution in [1.82, 2.24) is 0 Å². The topological polar surface area (TPSA) is 21.3 Å². The quantitative estimate of drug-likeness (QED) is 0.680. The van der Waals surface area contributed by atoms with Crippen LogP contribution in [0, 0.1) is 0 Å². The molecule has 1 aromatic rings. The molecular formula is C17H27NO. The van der Waals surface area contributed by atoms with Crippen molar-refractivity contribution in [1.29, 1.82) is 0 Å². The molecule has 1 aliphatic heterocycles. The molecule has 106 valence electrons.